The number of rotatable bonds is 3. The molecular weight excluding hydrogens is 245 g/mol. The summed E-state index contributed by atoms with van der Waals surface area (Å²) in [5.74, 6) is 0.512. The topological polar surface area (TPSA) is 60.2 Å². The molecule has 0 aromatic heterocycles. The van der Waals surface area contributed by atoms with Gasteiger partial charge in [-0.1, -0.05) is 6.07 Å². The molecule has 1 aromatic rings. The van der Waals surface area contributed by atoms with Crippen LogP contribution in [0.4, 0.5) is 10.1 Å². The molecule has 1 atom stereocenters. The average molecular weight is 255 g/mol. The highest BCUT2D eigenvalue weighted by Gasteiger charge is 2.25. The van der Waals surface area contributed by atoms with Crippen LogP contribution in [-0.2, 0) is 11.2 Å². The Morgan fingerprint density at radius 2 is 2.29 bits per heavy atom. The molecule has 1 fully saturated rings. The summed E-state index contributed by atoms with van der Waals surface area (Å²) in [6.07, 6.45) is 0.459. The van der Waals surface area contributed by atoms with Gasteiger partial charge in [0.1, 0.15) is 5.78 Å². The van der Waals surface area contributed by atoms with Crippen molar-refractivity contribution in [1.82, 2.24) is 0 Å². The minimum Gasteiger partial charge on any atom is -0.298 e. The van der Waals surface area contributed by atoms with Gasteiger partial charge in [0.05, 0.1) is 10.7 Å². The molecule has 6 heteroatoms. The molecule has 1 saturated heterocycles. The van der Waals surface area contributed by atoms with E-state index in [4.69, 9.17) is 0 Å². The lowest BCUT2D eigenvalue weighted by Gasteiger charge is -2.06. The number of ketones is 1. The highest BCUT2D eigenvalue weighted by molar-refractivity contribution is 8.00. The summed E-state index contributed by atoms with van der Waals surface area (Å²) in [5.41, 5.74) is 0.106. The minimum atomic E-state index is -0.842. The zero-order valence-corrected chi connectivity index (χ0v) is 9.71. The lowest BCUT2D eigenvalue weighted by atomic mass is 9.98. The summed E-state index contributed by atoms with van der Waals surface area (Å²) < 4.78 is 13.3. The lowest BCUT2D eigenvalue weighted by Crippen LogP contribution is -2.14. The van der Waals surface area contributed by atoms with Crippen molar-refractivity contribution in [2.75, 3.05) is 11.5 Å². The molecule has 17 heavy (non-hydrogen) atoms. The fourth-order valence-corrected chi connectivity index (χ4v) is 2.94. The highest BCUT2D eigenvalue weighted by atomic mass is 32.2. The number of halogens is 1. The maximum absolute atomic E-state index is 13.3. The van der Waals surface area contributed by atoms with Gasteiger partial charge in [-0.2, -0.15) is 16.2 Å². The van der Waals surface area contributed by atoms with Crippen molar-refractivity contribution in [3.8, 4) is 0 Å². The SMILES string of the molecule is O=C1CSCC1Cc1ccc([N+](=O)[O-])c(F)c1. The van der Waals surface area contributed by atoms with Gasteiger partial charge in [0.2, 0.25) is 5.82 Å². The second kappa shape index (κ2) is 4.83. The van der Waals surface area contributed by atoms with E-state index < -0.39 is 16.4 Å². The molecule has 1 aliphatic rings. The first-order valence-electron chi connectivity index (χ1n) is 5.11. The molecule has 2 rings (SSSR count). The smallest absolute Gasteiger partial charge is 0.298 e. The molecule has 0 spiro atoms. The van der Waals surface area contributed by atoms with Crippen LogP contribution < -0.4 is 0 Å². The molecule has 90 valence electrons. The average Bonchev–Trinajstić information content (AvgIpc) is 2.64. The molecule has 1 aliphatic heterocycles. The summed E-state index contributed by atoms with van der Waals surface area (Å²) >= 11 is 1.57. The molecule has 0 amide bonds. The largest absolute Gasteiger partial charge is 0.304 e. The van der Waals surface area contributed by atoms with Crippen LogP contribution in [0.3, 0.4) is 0 Å². The van der Waals surface area contributed by atoms with E-state index in [1.807, 2.05) is 0 Å². The van der Waals surface area contributed by atoms with E-state index in [0.29, 0.717) is 17.7 Å². The van der Waals surface area contributed by atoms with Gasteiger partial charge >= 0.3 is 5.69 Å². The van der Waals surface area contributed by atoms with Crippen LogP contribution in [0.1, 0.15) is 5.56 Å². The van der Waals surface area contributed by atoms with Gasteiger partial charge in [0.25, 0.3) is 0 Å². The predicted octanol–water partition coefficient (Wildman–Crippen LogP) is 2.21. The van der Waals surface area contributed by atoms with Gasteiger partial charge in [-0.25, -0.2) is 0 Å². The van der Waals surface area contributed by atoms with Crippen LogP contribution in [0.25, 0.3) is 0 Å². The van der Waals surface area contributed by atoms with Crippen molar-refractivity contribution in [2.24, 2.45) is 5.92 Å². The standard InChI is InChI=1S/C11H10FNO3S/c12-9-4-7(1-2-10(9)13(15)16)3-8-5-17-6-11(8)14/h1-2,4,8H,3,5-6H2. The van der Waals surface area contributed by atoms with Crippen molar-refractivity contribution in [3.63, 3.8) is 0 Å². The first kappa shape index (κ1) is 12.0. The number of carbonyl (C=O) groups excluding carboxylic acids is 1. The van der Waals surface area contributed by atoms with Crippen LogP contribution in [0.5, 0.6) is 0 Å². The summed E-state index contributed by atoms with van der Waals surface area (Å²) in [7, 11) is 0. The van der Waals surface area contributed by atoms with Crippen LogP contribution in [0, 0.1) is 21.8 Å². The highest BCUT2D eigenvalue weighted by Crippen LogP contribution is 2.25. The first-order chi connectivity index (χ1) is 8.08. The van der Waals surface area contributed by atoms with E-state index in [0.717, 1.165) is 17.9 Å². The molecule has 0 aliphatic carbocycles. The molecular formula is C11H10FNO3S. The Balaban J connectivity index is 2.15. The molecule has 0 radical (unpaired) electrons. The number of Topliss-reactive ketones (excluding diaryl/α,β-unsaturated/α-hetero) is 1. The zero-order chi connectivity index (χ0) is 12.4. The number of hydrogen-bond acceptors (Lipinski definition) is 4. The van der Waals surface area contributed by atoms with Crippen molar-refractivity contribution in [2.45, 2.75) is 6.42 Å². The van der Waals surface area contributed by atoms with Gasteiger partial charge in [0, 0.05) is 17.7 Å². The summed E-state index contributed by atoms with van der Waals surface area (Å²) in [5, 5.41) is 10.4. The quantitative estimate of drug-likeness (QED) is 0.613. The van der Waals surface area contributed by atoms with Gasteiger partial charge in [0.15, 0.2) is 0 Å². The summed E-state index contributed by atoms with van der Waals surface area (Å²) in [6.45, 7) is 0. The Bertz CT molecular complexity index is 478. The monoisotopic (exact) mass is 255 g/mol. The number of benzene rings is 1. The second-order valence-corrected chi connectivity index (χ2v) is 4.96. The van der Waals surface area contributed by atoms with Crippen LogP contribution in [-0.4, -0.2) is 22.2 Å². The van der Waals surface area contributed by atoms with E-state index in [1.165, 1.54) is 6.07 Å². The number of nitrogens with zero attached hydrogens (tertiary/aromatic N) is 1. The van der Waals surface area contributed by atoms with Gasteiger partial charge in [-0.05, 0) is 18.1 Å². The van der Waals surface area contributed by atoms with Crippen molar-refractivity contribution < 1.29 is 14.1 Å². The fourth-order valence-electron chi connectivity index (χ4n) is 1.80. The molecule has 0 saturated carbocycles. The van der Waals surface area contributed by atoms with Crippen LogP contribution in [0.2, 0.25) is 0 Å². The normalized spacial score (nSPS) is 19.6. The molecule has 1 heterocycles. The fraction of sp³-hybridized carbons (Fsp3) is 0.364. The van der Waals surface area contributed by atoms with Crippen molar-refractivity contribution in [1.29, 1.82) is 0 Å². The molecule has 0 bridgehead atoms. The second-order valence-electron chi connectivity index (χ2n) is 3.93. The number of nitro groups is 1. The third-order valence-corrected chi connectivity index (χ3v) is 3.84. The zero-order valence-electron chi connectivity index (χ0n) is 8.89. The number of nitro benzene ring substituents is 1. The van der Waals surface area contributed by atoms with Gasteiger partial charge in [-0.15, -0.1) is 0 Å². The number of thioether (sulfide) groups is 1. The molecule has 4 nitrogen and oxygen atoms in total. The van der Waals surface area contributed by atoms with E-state index >= 15 is 0 Å². The number of carbonyl (C=O) groups is 1. The van der Waals surface area contributed by atoms with Crippen molar-refractivity contribution >= 4 is 23.2 Å². The maximum Gasteiger partial charge on any atom is 0.304 e. The van der Waals surface area contributed by atoms with Crippen molar-refractivity contribution in [3.05, 3.63) is 39.7 Å². The maximum atomic E-state index is 13.3. The van der Waals surface area contributed by atoms with E-state index in [1.54, 1.807) is 11.8 Å². The lowest BCUT2D eigenvalue weighted by molar-refractivity contribution is -0.387. The number of hydrogen-bond donors (Lipinski definition) is 0. The Morgan fingerprint density at radius 3 is 2.82 bits per heavy atom. The first-order valence-corrected chi connectivity index (χ1v) is 6.26. The van der Waals surface area contributed by atoms with Gasteiger partial charge in [-0.3, -0.25) is 14.9 Å². The Hall–Kier alpha value is -1.43. The van der Waals surface area contributed by atoms with Gasteiger partial charge < -0.3 is 0 Å². The molecule has 0 N–H and O–H groups in total. The van der Waals surface area contributed by atoms with Crippen LogP contribution >= 0.6 is 11.8 Å². The van der Waals surface area contributed by atoms with E-state index in [-0.39, 0.29) is 11.7 Å². The third kappa shape index (κ3) is 2.63. The van der Waals surface area contributed by atoms with E-state index in [2.05, 4.69) is 0 Å². The molecule has 1 aromatic carbocycles. The predicted molar refractivity (Wildman–Crippen MR) is 62.6 cm³/mol. The third-order valence-electron chi connectivity index (χ3n) is 2.71. The Labute approximate surface area is 101 Å². The Morgan fingerprint density at radius 1 is 1.53 bits per heavy atom. The summed E-state index contributed by atoms with van der Waals surface area (Å²) in [6, 6.07) is 3.81. The van der Waals surface area contributed by atoms with E-state index in [9.17, 15) is 19.3 Å². The molecule has 1 unspecified atom stereocenters. The summed E-state index contributed by atoms with van der Waals surface area (Å²) in [4.78, 5) is 21.1. The Kier molecular flexibility index (Phi) is 3.42. The van der Waals surface area contributed by atoms with Crippen LogP contribution in [0.15, 0.2) is 18.2 Å². The minimum absolute atomic E-state index is 0.0825.